The quantitative estimate of drug-likeness (QED) is 0.837. The van der Waals surface area contributed by atoms with Crippen LogP contribution in [-0.4, -0.2) is 46.8 Å². The Labute approximate surface area is 147 Å². The van der Waals surface area contributed by atoms with Crippen LogP contribution in [0, 0.1) is 6.92 Å². The Morgan fingerprint density at radius 1 is 1.12 bits per heavy atom. The van der Waals surface area contributed by atoms with Crippen molar-refractivity contribution in [3.63, 3.8) is 0 Å². The lowest BCUT2D eigenvalue weighted by Crippen LogP contribution is -2.41. The summed E-state index contributed by atoms with van der Waals surface area (Å²) in [5.74, 6) is 1.38. The highest BCUT2D eigenvalue weighted by atomic mass is 16.5. The number of nitrogens with zero attached hydrogens (tertiary/aromatic N) is 3. The van der Waals surface area contributed by atoms with Gasteiger partial charge in [0.15, 0.2) is 0 Å². The summed E-state index contributed by atoms with van der Waals surface area (Å²) in [7, 11) is 0. The van der Waals surface area contributed by atoms with Gasteiger partial charge in [-0.05, 0) is 44.2 Å². The first-order valence-electron chi connectivity index (χ1n) is 8.65. The summed E-state index contributed by atoms with van der Waals surface area (Å²) >= 11 is 0. The van der Waals surface area contributed by atoms with E-state index in [1.54, 1.807) is 0 Å². The molecule has 132 valence electrons. The predicted molar refractivity (Wildman–Crippen MR) is 93.9 cm³/mol. The summed E-state index contributed by atoms with van der Waals surface area (Å²) in [6, 6.07) is 11.0. The summed E-state index contributed by atoms with van der Waals surface area (Å²) in [5.41, 5.74) is 1.55. The first-order chi connectivity index (χ1) is 12.2. The van der Waals surface area contributed by atoms with Crippen LogP contribution in [0.3, 0.4) is 0 Å². The Morgan fingerprint density at radius 2 is 1.84 bits per heavy atom. The fourth-order valence-corrected chi connectivity index (χ4v) is 2.84. The van der Waals surface area contributed by atoms with Gasteiger partial charge in [0.05, 0.1) is 12.3 Å². The molecule has 2 heterocycles. The van der Waals surface area contributed by atoms with Crippen molar-refractivity contribution in [1.82, 2.24) is 15.1 Å². The number of hydrogen-bond acceptors (Lipinski definition) is 5. The highest BCUT2D eigenvalue weighted by molar-refractivity contribution is 5.94. The van der Waals surface area contributed by atoms with Gasteiger partial charge < -0.3 is 14.4 Å². The fourth-order valence-electron chi connectivity index (χ4n) is 2.84. The third kappa shape index (κ3) is 4.47. The topological polar surface area (TPSA) is 64.5 Å². The van der Waals surface area contributed by atoms with Gasteiger partial charge in [-0.3, -0.25) is 4.79 Å². The monoisotopic (exact) mass is 341 g/mol. The van der Waals surface area contributed by atoms with Crippen LogP contribution in [0.15, 0.2) is 36.4 Å². The molecule has 1 fully saturated rings. The van der Waals surface area contributed by atoms with Crippen molar-refractivity contribution in [3.05, 3.63) is 47.7 Å². The smallest absolute Gasteiger partial charge is 0.253 e. The van der Waals surface area contributed by atoms with Gasteiger partial charge in [-0.2, -0.15) is 5.10 Å². The number of carbonyl (C=O) groups excluding carboxylic acids is 1. The zero-order valence-corrected chi connectivity index (χ0v) is 14.6. The van der Waals surface area contributed by atoms with Gasteiger partial charge in [0.2, 0.25) is 5.88 Å². The third-order valence-corrected chi connectivity index (χ3v) is 4.20. The number of piperidine rings is 1. The molecule has 1 saturated heterocycles. The van der Waals surface area contributed by atoms with Crippen molar-refractivity contribution in [3.8, 4) is 11.6 Å². The first-order valence-corrected chi connectivity index (χ1v) is 8.65. The second kappa shape index (κ2) is 7.96. The van der Waals surface area contributed by atoms with Gasteiger partial charge >= 0.3 is 0 Å². The lowest BCUT2D eigenvalue weighted by Gasteiger charge is -2.32. The molecule has 0 saturated carbocycles. The number of aromatic nitrogens is 2. The molecule has 0 radical (unpaired) electrons. The zero-order chi connectivity index (χ0) is 17.6. The molecule has 25 heavy (non-hydrogen) atoms. The van der Waals surface area contributed by atoms with E-state index < -0.39 is 0 Å². The third-order valence-electron chi connectivity index (χ3n) is 4.20. The molecule has 0 unspecified atom stereocenters. The molecule has 1 aliphatic rings. The second-order valence-corrected chi connectivity index (χ2v) is 6.08. The number of hydrogen-bond donors (Lipinski definition) is 0. The zero-order valence-electron chi connectivity index (χ0n) is 14.6. The molecule has 1 amide bonds. The average molecular weight is 341 g/mol. The van der Waals surface area contributed by atoms with Crippen molar-refractivity contribution < 1.29 is 14.3 Å². The summed E-state index contributed by atoms with van der Waals surface area (Å²) < 4.78 is 11.3. The molecule has 1 aliphatic heterocycles. The molecule has 0 spiro atoms. The Balaban J connectivity index is 1.52. The molecular formula is C19H23N3O3. The van der Waals surface area contributed by atoms with Gasteiger partial charge in [0.25, 0.3) is 5.91 Å². The van der Waals surface area contributed by atoms with Crippen LogP contribution in [0.5, 0.6) is 11.6 Å². The number of benzene rings is 1. The first kappa shape index (κ1) is 17.2. The van der Waals surface area contributed by atoms with Crippen LogP contribution in [0.25, 0.3) is 0 Å². The van der Waals surface area contributed by atoms with Gasteiger partial charge in [-0.1, -0.05) is 0 Å². The van der Waals surface area contributed by atoms with Crippen molar-refractivity contribution in [2.45, 2.75) is 32.8 Å². The van der Waals surface area contributed by atoms with Crippen LogP contribution in [0.1, 0.15) is 35.8 Å². The van der Waals surface area contributed by atoms with E-state index in [-0.39, 0.29) is 12.0 Å². The lowest BCUT2D eigenvalue weighted by molar-refractivity contribution is 0.0586. The Hall–Kier alpha value is -2.63. The summed E-state index contributed by atoms with van der Waals surface area (Å²) in [4.78, 5) is 14.5. The van der Waals surface area contributed by atoms with Crippen LogP contribution >= 0.6 is 0 Å². The summed E-state index contributed by atoms with van der Waals surface area (Å²) in [6.07, 6.45) is 1.65. The van der Waals surface area contributed by atoms with Crippen LogP contribution in [-0.2, 0) is 0 Å². The maximum absolute atomic E-state index is 12.6. The van der Waals surface area contributed by atoms with Crippen LogP contribution in [0.2, 0.25) is 0 Å². The SMILES string of the molecule is CCOc1ccc(C(=O)N2CCC(Oc3ccc(C)nn3)CC2)cc1. The molecule has 0 N–H and O–H groups in total. The van der Waals surface area contributed by atoms with Gasteiger partial charge in [-0.25, -0.2) is 0 Å². The summed E-state index contributed by atoms with van der Waals surface area (Å²) in [6.45, 7) is 5.80. The maximum atomic E-state index is 12.6. The molecule has 1 aromatic carbocycles. The largest absolute Gasteiger partial charge is 0.494 e. The summed E-state index contributed by atoms with van der Waals surface area (Å²) in [5, 5.41) is 8.03. The molecule has 0 aliphatic carbocycles. The van der Waals surface area contributed by atoms with Gasteiger partial charge in [-0.15, -0.1) is 5.10 Å². The second-order valence-electron chi connectivity index (χ2n) is 6.08. The van der Waals surface area contributed by atoms with E-state index in [0.29, 0.717) is 31.1 Å². The van der Waals surface area contributed by atoms with Crippen molar-refractivity contribution in [2.24, 2.45) is 0 Å². The molecule has 0 atom stereocenters. The maximum Gasteiger partial charge on any atom is 0.253 e. The van der Waals surface area contributed by atoms with Crippen molar-refractivity contribution >= 4 is 5.91 Å². The highest BCUT2D eigenvalue weighted by Crippen LogP contribution is 2.20. The van der Waals surface area contributed by atoms with Crippen molar-refractivity contribution in [1.29, 1.82) is 0 Å². The molecule has 3 rings (SSSR count). The van der Waals surface area contributed by atoms with E-state index in [2.05, 4.69) is 10.2 Å². The number of ether oxygens (including phenoxy) is 2. The standard InChI is InChI=1S/C19H23N3O3/c1-3-24-16-7-5-15(6-8-16)19(23)22-12-10-17(11-13-22)25-18-9-4-14(2)20-21-18/h4-9,17H,3,10-13H2,1-2H3. The number of carbonyl (C=O) groups is 1. The molecule has 0 bridgehead atoms. The normalized spacial score (nSPS) is 15.0. The van der Waals surface area contributed by atoms with E-state index in [4.69, 9.17) is 9.47 Å². The van der Waals surface area contributed by atoms with Crippen LogP contribution < -0.4 is 9.47 Å². The lowest BCUT2D eigenvalue weighted by atomic mass is 10.1. The number of aryl methyl sites for hydroxylation is 1. The minimum atomic E-state index is 0.0524. The van der Waals surface area contributed by atoms with E-state index >= 15 is 0 Å². The van der Waals surface area contributed by atoms with Crippen molar-refractivity contribution in [2.75, 3.05) is 19.7 Å². The van der Waals surface area contributed by atoms with E-state index in [9.17, 15) is 4.79 Å². The molecular weight excluding hydrogens is 318 g/mol. The fraction of sp³-hybridized carbons (Fsp3) is 0.421. The number of likely N-dealkylation sites (tertiary alicyclic amines) is 1. The Bertz CT molecular complexity index is 693. The van der Waals surface area contributed by atoms with E-state index in [0.717, 1.165) is 24.3 Å². The number of amides is 1. The Kier molecular flexibility index (Phi) is 5.48. The highest BCUT2D eigenvalue weighted by Gasteiger charge is 2.25. The van der Waals surface area contributed by atoms with Gasteiger partial charge in [0, 0.05) is 37.6 Å². The van der Waals surface area contributed by atoms with E-state index in [1.165, 1.54) is 0 Å². The van der Waals surface area contributed by atoms with Crippen LogP contribution in [0.4, 0.5) is 0 Å². The Morgan fingerprint density at radius 3 is 2.44 bits per heavy atom. The minimum absolute atomic E-state index is 0.0524. The molecule has 6 nitrogen and oxygen atoms in total. The van der Waals surface area contributed by atoms with Gasteiger partial charge in [0.1, 0.15) is 11.9 Å². The minimum Gasteiger partial charge on any atom is -0.494 e. The predicted octanol–water partition coefficient (Wildman–Crippen LogP) is 2.87. The molecule has 6 heteroatoms. The molecule has 2 aromatic rings. The molecule has 1 aromatic heterocycles. The number of rotatable bonds is 5. The van der Waals surface area contributed by atoms with E-state index in [1.807, 2.05) is 55.1 Å². The average Bonchev–Trinajstić information content (AvgIpc) is 2.65.